The quantitative estimate of drug-likeness (QED) is 0.238. The maximum atomic E-state index is 12.7. The van der Waals surface area contributed by atoms with Crippen molar-refractivity contribution in [3.63, 3.8) is 0 Å². The Balaban J connectivity index is 1.70. The van der Waals surface area contributed by atoms with E-state index < -0.39 is 11.6 Å². The topological polar surface area (TPSA) is 75.0 Å². The molecule has 0 aliphatic heterocycles. The minimum Gasteiger partial charge on any atom is -0.497 e. The molecule has 0 saturated heterocycles. The van der Waals surface area contributed by atoms with Crippen molar-refractivity contribution in [3.8, 4) is 28.4 Å². The number of methoxy groups -OCH3 is 2. The molecule has 7 heteroatoms. The first-order valence-electron chi connectivity index (χ1n) is 9.27. The summed E-state index contributed by atoms with van der Waals surface area (Å²) >= 11 is 6.04. The van der Waals surface area contributed by atoms with Gasteiger partial charge in [0.15, 0.2) is 0 Å². The first kappa shape index (κ1) is 20.5. The molecule has 0 unspecified atom stereocenters. The molecule has 156 valence electrons. The van der Waals surface area contributed by atoms with E-state index in [1.165, 1.54) is 13.2 Å². The summed E-state index contributed by atoms with van der Waals surface area (Å²) in [4.78, 5) is 25.1. The minimum absolute atomic E-state index is 0.232. The molecule has 0 N–H and O–H groups in total. The SMILES string of the molecule is COc1ccc(-c2cc3ccc(OC(=O)c4ccccc4Cl)cc3oc2=O)c(OC)c1. The van der Waals surface area contributed by atoms with Gasteiger partial charge in [0.25, 0.3) is 0 Å². The van der Waals surface area contributed by atoms with Crippen molar-refractivity contribution >= 4 is 28.5 Å². The molecule has 0 saturated carbocycles. The largest absolute Gasteiger partial charge is 0.497 e. The van der Waals surface area contributed by atoms with E-state index in [2.05, 4.69) is 0 Å². The number of halogens is 1. The fourth-order valence-electron chi connectivity index (χ4n) is 3.15. The average molecular weight is 437 g/mol. The van der Waals surface area contributed by atoms with E-state index in [9.17, 15) is 9.59 Å². The normalized spacial score (nSPS) is 10.7. The van der Waals surface area contributed by atoms with E-state index in [0.717, 1.165) is 0 Å². The van der Waals surface area contributed by atoms with Crippen LogP contribution >= 0.6 is 11.6 Å². The number of ether oxygens (including phenoxy) is 3. The molecule has 0 radical (unpaired) electrons. The monoisotopic (exact) mass is 436 g/mol. The lowest BCUT2D eigenvalue weighted by molar-refractivity contribution is 0.0735. The molecular weight excluding hydrogens is 420 g/mol. The molecule has 0 spiro atoms. The molecule has 0 amide bonds. The number of carbonyl (C=O) groups is 1. The van der Waals surface area contributed by atoms with Crippen LogP contribution in [0.25, 0.3) is 22.1 Å². The number of carbonyl (C=O) groups excluding carboxylic acids is 1. The van der Waals surface area contributed by atoms with Crippen LogP contribution in [0.4, 0.5) is 0 Å². The van der Waals surface area contributed by atoms with E-state index in [-0.39, 0.29) is 21.9 Å². The maximum Gasteiger partial charge on any atom is 0.345 e. The van der Waals surface area contributed by atoms with Crippen molar-refractivity contribution < 1.29 is 23.4 Å². The summed E-state index contributed by atoms with van der Waals surface area (Å²) in [6.45, 7) is 0. The summed E-state index contributed by atoms with van der Waals surface area (Å²) in [7, 11) is 3.07. The number of fused-ring (bicyclic) bond motifs is 1. The lowest BCUT2D eigenvalue weighted by Crippen LogP contribution is -2.09. The zero-order chi connectivity index (χ0) is 22.0. The molecule has 1 heterocycles. The van der Waals surface area contributed by atoms with E-state index in [1.54, 1.807) is 67.8 Å². The highest BCUT2D eigenvalue weighted by Crippen LogP contribution is 2.33. The lowest BCUT2D eigenvalue weighted by atomic mass is 10.0. The van der Waals surface area contributed by atoms with Gasteiger partial charge >= 0.3 is 11.6 Å². The third kappa shape index (κ3) is 4.11. The molecule has 0 fully saturated rings. The summed E-state index contributed by atoms with van der Waals surface area (Å²) in [6.07, 6.45) is 0. The van der Waals surface area contributed by atoms with Crippen molar-refractivity contribution in [1.82, 2.24) is 0 Å². The van der Waals surface area contributed by atoms with E-state index >= 15 is 0 Å². The van der Waals surface area contributed by atoms with Gasteiger partial charge in [0.2, 0.25) is 0 Å². The van der Waals surface area contributed by atoms with Crippen molar-refractivity contribution in [2.45, 2.75) is 0 Å². The fraction of sp³-hybridized carbons (Fsp3) is 0.0833. The average Bonchev–Trinajstić information content (AvgIpc) is 2.78. The van der Waals surface area contributed by atoms with Crippen LogP contribution in [0, 0.1) is 0 Å². The molecule has 6 nitrogen and oxygen atoms in total. The molecule has 0 aliphatic rings. The summed E-state index contributed by atoms with van der Waals surface area (Å²) < 4.78 is 21.5. The van der Waals surface area contributed by atoms with Crippen LogP contribution in [0.3, 0.4) is 0 Å². The first-order chi connectivity index (χ1) is 15.0. The second-order valence-electron chi connectivity index (χ2n) is 6.58. The highest BCUT2D eigenvalue weighted by Gasteiger charge is 2.16. The highest BCUT2D eigenvalue weighted by molar-refractivity contribution is 6.33. The third-order valence-corrected chi connectivity index (χ3v) is 5.04. The van der Waals surface area contributed by atoms with Crippen LogP contribution in [-0.2, 0) is 0 Å². The van der Waals surface area contributed by atoms with E-state index in [1.807, 2.05) is 0 Å². The van der Waals surface area contributed by atoms with Gasteiger partial charge in [-0.25, -0.2) is 9.59 Å². The Morgan fingerprint density at radius 1 is 0.871 bits per heavy atom. The molecule has 4 rings (SSSR count). The summed E-state index contributed by atoms with van der Waals surface area (Å²) in [5, 5.41) is 0.947. The Morgan fingerprint density at radius 2 is 1.65 bits per heavy atom. The molecule has 0 bridgehead atoms. The van der Waals surface area contributed by atoms with E-state index in [4.69, 9.17) is 30.2 Å². The molecule has 3 aromatic carbocycles. The van der Waals surface area contributed by atoms with Gasteiger partial charge in [-0.15, -0.1) is 0 Å². The molecule has 0 atom stereocenters. The summed E-state index contributed by atoms with van der Waals surface area (Å²) in [5.41, 5.74) is 0.893. The zero-order valence-corrected chi connectivity index (χ0v) is 17.4. The zero-order valence-electron chi connectivity index (χ0n) is 16.7. The fourth-order valence-corrected chi connectivity index (χ4v) is 3.37. The van der Waals surface area contributed by atoms with Crippen molar-refractivity contribution in [2.75, 3.05) is 14.2 Å². The van der Waals surface area contributed by atoms with Crippen LogP contribution in [0.5, 0.6) is 17.2 Å². The Bertz CT molecular complexity index is 1340. The second kappa shape index (κ2) is 8.53. The van der Waals surface area contributed by atoms with Gasteiger partial charge in [-0.05, 0) is 42.5 Å². The van der Waals surface area contributed by atoms with Gasteiger partial charge in [-0.1, -0.05) is 23.7 Å². The Labute approximate surface area is 182 Å². The molecule has 4 aromatic rings. The highest BCUT2D eigenvalue weighted by atomic mass is 35.5. The van der Waals surface area contributed by atoms with Crippen molar-refractivity contribution in [1.29, 1.82) is 0 Å². The predicted molar refractivity (Wildman–Crippen MR) is 117 cm³/mol. The van der Waals surface area contributed by atoms with Crippen molar-refractivity contribution in [2.24, 2.45) is 0 Å². The van der Waals surface area contributed by atoms with Crippen LogP contribution in [-0.4, -0.2) is 20.2 Å². The van der Waals surface area contributed by atoms with E-state index in [0.29, 0.717) is 28.0 Å². The third-order valence-electron chi connectivity index (χ3n) is 4.71. The number of hydrogen-bond donors (Lipinski definition) is 0. The van der Waals surface area contributed by atoms with Gasteiger partial charge in [0.05, 0.1) is 30.4 Å². The van der Waals surface area contributed by atoms with Gasteiger partial charge in [0, 0.05) is 23.1 Å². The second-order valence-corrected chi connectivity index (χ2v) is 6.99. The summed E-state index contributed by atoms with van der Waals surface area (Å²) in [6, 6.07) is 18.2. The van der Waals surface area contributed by atoms with Crippen LogP contribution < -0.4 is 19.8 Å². The minimum atomic E-state index is -0.605. The van der Waals surface area contributed by atoms with Crippen LogP contribution in [0.1, 0.15) is 10.4 Å². The Hall–Kier alpha value is -3.77. The maximum absolute atomic E-state index is 12.7. The number of esters is 1. The van der Waals surface area contributed by atoms with Gasteiger partial charge in [-0.3, -0.25) is 0 Å². The Morgan fingerprint density at radius 3 is 2.39 bits per heavy atom. The van der Waals surface area contributed by atoms with Gasteiger partial charge in [0.1, 0.15) is 22.8 Å². The van der Waals surface area contributed by atoms with Crippen LogP contribution in [0.2, 0.25) is 5.02 Å². The lowest BCUT2D eigenvalue weighted by Gasteiger charge is -2.11. The number of benzene rings is 3. The Kier molecular flexibility index (Phi) is 5.64. The van der Waals surface area contributed by atoms with Gasteiger partial charge < -0.3 is 18.6 Å². The van der Waals surface area contributed by atoms with Gasteiger partial charge in [-0.2, -0.15) is 0 Å². The molecule has 0 aliphatic carbocycles. The number of hydrogen-bond acceptors (Lipinski definition) is 6. The smallest absolute Gasteiger partial charge is 0.345 e. The molecular formula is C24H17ClO6. The molecule has 1 aromatic heterocycles. The van der Waals surface area contributed by atoms with Crippen LogP contribution in [0.15, 0.2) is 75.9 Å². The predicted octanol–water partition coefficient (Wildman–Crippen LogP) is 5.35. The number of rotatable bonds is 5. The standard InChI is InChI=1S/C24H17ClO6/c1-28-15-9-10-17(22(12-15)29-2)19-11-14-7-8-16(13-21(14)31-24(19)27)30-23(26)18-5-3-4-6-20(18)25/h3-13H,1-2H3. The van der Waals surface area contributed by atoms with Crippen molar-refractivity contribution in [3.05, 3.63) is 87.7 Å². The molecule has 31 heavy (non-hydrogen) atoms. The first-order valence-corrected chi connectivity index (χ1v) is 9.65. The summed E-state index contributed by atoms with van der Waals surface area (Å²) in [5.74, 6) is 0.717.